The van der Waals surface area contributed by atoms with Crippen molar-refractivity contribution < 1.29 is 18.3 Å². The van der Waals surface area contributed by atoms with Gasteiger partial charge in [-0.15, -0.1) is 0 Å². The first kappa shape index (κ1) is 11.9. The molecule has 1 aromatic rings. The average molecular weight is 216 g/mol. The van der Waals surface area contributed by atoms with Crippen molar-refractivity contribution in [2.24, 2.45) is 0 Å². The molecule has 0 unspecified atom stereocenters. The van der Waals surface area contributed by atoms with Crippen molar-refractivity contribution >= 4 is 0 Å². The van der Waals surface area contributed by atoms with Crippen LogP contribution in [-0.4, -0.2) is 20.3 Å². The molecule has 1 aromatic carbocycles. The highest BCUT2D eigenvalue weighted by molar-refractivity contribution is 5.30. The van der Waals surface area contributed by atoms with Gasteiger partial charge in [0.1, 0.15) is 24.0 Å². The number of ether oxygens (including phenoxy) is 2. The van der Waals surface area contributed by atoms with Gasteiger partial charge in [0.05, 0.1) is 6.61 Å². The molecule has 0 spiro atoms. The molecule has 0 aliphatic heterocycles. The van der Waals surface area contributed by atoms with Crippen LogP contribution in [0.4, 0.5) is 8.78 Å². The third-order valence-corrected chi connectivity index (χ3v) is 2.02. The van der Waals surface area contributed by atoms with Gasteiger partial charge in [0.25, 0.3) is 0 Å². The first-order valence-corrected chi connectivity index (χ1v) is 4.78. The molecule has 84 valence electrons. The summed E-state index contributed by atoms with van der Waals surface area (Å²) in [5.74, 6) is -0.936. The minimum Gasteiger partial charge on any atom is -0.491 e. The van der Waals surface area contributed by atoms with Crippen LogP contribution in [0.5, 0.6) is 5.75 Å². The molecular formula is C11H14F2O2. The molecule has 0 N–H and O–H groups in total. The zero-order valence-corrected chi connectivity index (χ0v) is 8.85. The summed E-state index contributed by atoms with van der Waals surface area (Å²) < 4.78 is 36.4. The normalized spacial score (nSPS) is 10.4. The maximum atomic E-state index is 13.3. The largest absolute Gasteiger partial charge is 0.491 e. The Bertz CT molecular complexity index is 303. The topological polar surface area (TPSA) is 18.5 Å². The molecule has 0 atom stereocenters. The quantitative estimate of drug-likeness (QED) is 0.704. The Balaban J connectivity index is 2.75. The highest BCUT2D eigenvalue weighted by Crippen LogP contribution is 2.20. The van der Waals surface area contributed by atoms with Gasteiger partial charge in [0, 0.05) is 24.8 Å². The summed E-state index contributed by atoms with van der Waals surface area (Å²) in [7, 11) is 1.53. The van der Waals surface area contributed by atoms with E-state index in [1.165, 1.54) is 19.2 Å². The van der Waals surface area contributed by atoms with E-state index in [2.05, 4.69) is 0 Å². The van der Waals surface area contributed by atoms with Crippen LogP contribution in [0.25, 0.3) is 0 Å². The third kappa shape index (κ3) is 3.16. The fourth-order valence-corrected chi connectivity index (χ4v) is 1.24. The molecule has 0 fully saturated rings. The number of benzene rings is 1. The van der Waals surface area contributed by atoms with Gasteiger partial charge in [0.15, 0.2) is 0 Å². The Morgan fingerprint density at radius 2 is 1.73 bits per heavy atom. The first-order chi connectivity index (χ1) is 7.19. The molecule has 1 rings (SSSR count). The Morgan fingerprint density at radius 1 is 1.13 bits per heavy atom. The molecule has 0 heterocycles. The Labute approximate surface area is 87.8 Å². The lowest BCUT2D eigenvalue weighted by atomic mass is 10.1. The second-order valence-electron chi connectivity index (χ2n) is 3.06. The van der Waals surface area contributed by atoms with Crippen molar-refractivity contribution in [2.75, 3.05) is 20.3 Å². The van der Waals surface area contributed by atoms with E-state index < -0.39 is 11.6 Å². The lowest BCUT2D eigenvalue weighted by Crippen LogP contribution is -2.05. The summed E-state index contributed by atoms with van der Waals surface area (Å²) in [5.41, 5.74) is 0.0918. The van der Waals surface area contributed by atoms with Crippen molar-refractivity contribution in [2.45, 2.75) is 13.3 Å². The molecule has 15 heavy (non-hydrogen) atoms. The molecule has 4 heteroatoms. The highest BCUT2D eigenvalue weighted by Gasteiger charge is 2.09. The summed E-state index contributed by atoms with van der Waals surface area (Å²) in [6.07, 6.45) is 0.329. The van der Waals surface area contributed by atoms with E-state index in [4.69, 9.17) is 9.47 Å². The minimum atomic E-state index is -0.565. The minimum absolute atomic E-state index is 0.0918. The number of rotatable bonds is 5. The monoisotopic (exact) mass is 216 g/mol. The highest BCUT2D eigenvalue weighted by atomic mass is 19.1. The van der Waals surface area contributed by atoms with E-state index in [0.29, 0.717) is 13.0 Å². The van der Waals surface area contributed by atoms with Gasteiger partial charge in [-0.1, -0.05) is 6.92 Å². The molecule has 0 saturated carbocycles. The summed E-state index contributed by atoms with van der Waals surface area (Å²) in [6.45, 7) is 2.37. The number of hydrogen-bond acceptors (Lipinski definition) is 2. The van der Waals surface area contributed by atoms with Crippen molar-refractivity contribution in [1.82, 2.24) is 0 Å². The van der Waals surface area contributed by atoms with Crippen LogP contribution in [0.15, 0.2) is 12.1 Å². The van der Waals surface area contributed by atoms with Gasteiger partial charge < -0.3 is 9.47 Å². The average Bonchev–Trinajstić information content (AvgIpc) is 2.18. The maximum Gasteiger partial charge on any atom is 0.132 e. The van der Waals surface area contributed by atoms with E-state index in [1.54, 1.807) is 6.92 Å². The molecule has 0 saturated heterocycles. The molecule has 0 amide bonds. The predicted molar refractivity (Wildman–Crippen MR) is 53.1 cm³/mol. The lowest BCUT2D eigenvalue weighted by Gasteiger charge is -2.08. The van der Waals surface area contributed by atoms with Crippen LogP contribution in [-0.2, 0) is 11.2 Å². The zero-order chi connectivity index (χ0) is 11.3. The Hall–Kier alpha value is -1.16. The molecule has 0 bridgehead atoms. The fourth-order valence-electron chi connectivity index (χ4n) is 1.24. The van der Waals surface area contributed by atoms with Crippen molar-refractivity contribution in [3.05, 3.63) is 29.3 Å². The van der Waals surface area contributed by atoms with Gasteiger partial charge in [-0.05, 0) is 6.42 Å². The second-order valence-corrected chi connectivity index (χ2v) is 3.06. The molecule has 0 aromatic heterocycles. The Kier molecular flexibility index (Phi) is 4.49. The van der Waals surface area contributed by atoms with E-state index in [-0.39, 0.29) is 17.9 Å². The van der Waals surface area contributed by atoms with Gasteiger partial charge in [-0.2, -0.15) is 0 Å². The summed E-state index contributed by atoms with van der Waals surface area (Å²) in [4.78, 5) is 0. The van der Waals surface area contributed by atoms with Crippen molar-refractivity contribution in [1.29, 1.82) is 0 Å². The number of hydrogen-bond donors (Lipinski definition) is 0. The zero-order valence-electron chi connectivity index (χ0n) is 8.85. The van der Waals surface area contributed by atoms with E-state index >= 15 is 0 Å². The van der Waals surface area contributed by atoms with Gasteiger partial charge in [-0.3, -0.25) is 0 Å². The van der Waals surface area contributed by atoms with E-state index in [0.717, 1.165) is 0 Å². The van der Waals surface area contributed by atoms with Crippen LogP contribution >= 0.6 is 0 Å². The van der Waals surface area contributed by atoms with Crippen LogP contribution in [0, 0.1) is 11.6 Å². The van der Waals surface area contributed by atoms with Crippen LogP contribution in [0.1, 0.15) is 12.5 Å². The molecule has 2 nitrogen and oxygen atoms in total. The van der Waals surface area contributed by atoms with Crippen LogP contribution < -0.4 is 4.74 Å². The maximum absolute atomic E-state index is 13.3. The number of halogens is 2. The fraction of sp³-hybridized carbons (Fsp3) is 0.455. The number of methoxy groups -OCH3 is 1. The second kappa shape index (κ2) is 5.66. The SMILES string of the molecule is CCc1c(F)cc(OCCOC)cc1F. The lowest BCUT2D eigenvalue weighted by molar-refractivity contribution is 0.146. The van der Waals surface area contributed by atoms with Crippen LogP contribution in [0.3, 0.4) is 0 Å². The standard InChI is InChI=1S/C11H14F2O2/c1-3-9-10(12)6-8(7-11(9)13)15-5-4-14-2/h6-7H,3-5H2,1-2H3. The van der Waals surface area contributed by atoms with Gasteiger partial charge in [-0.25, -0.2) is 8.78 Å². The van der Waals surface area contributed by atoms with Crippen molar-refractivity contribution in [3.8, 4) is 5.75 Å². The van der Waals surface area contributed by atoms with Crippen molar-refractivity contribution in [3.63, 3.8) is 0 Å². The molecule has 0 radical (unpaired) electrons. The molecule has 0 aliphatic rings. The first-order valence-electron chi connectivity index (χ1n) is 4.78. The summed E-state index contributed by atoms with van der Waals surface area (Å²) in [5, 5.41) is 0. The molecule has 0 aliphatic carbocycles. The summed E-state index contributed by atoms with van der Waals surface area (Å²) in [6, 6.07) is 2.38. The van der Waals surface area contributed by atoms with E-state index in [1.807, 2.05) is 0 Å². The van der Waals surface area contributed by atoms with Gasteiger partial charge >= 0.3 is 0 Å². The van der Waals surface area contributed by atoms with Gasteiger partial charge in [0.2, 0.25) is 0 Å². The Morgan fingerprint density at radius 3 is 2.20 bits per heavy atom. The van der Waals surface area contributed by atoms with E-state index in [9.17, 15) is 8.78 Å². The smallest absolute Gasteiger partial charge is 0.132 e. The van der Waals surface area contributed by atoms with Crippen LogP contribution in [0.2, 0.25) is 0 Å². The molecular weight excluding hydrogens is 202 g/mol. The predicted octanol–water partition coefficient (Wildman–Crippen LogP) is 2.55. The third-order valence-electron chi connectivity index (χ3n) is 2.02. The summed E-state index contributed by atoms with van der Waals surface area (Å²) >= 11 is 0.